The molecule has 0 heterocycles. The fourth-order valence-corrected chi connectivity index (χ4v) is 1.88. The minimum Gasteiger partial charge on any atom is -0.491 e. The Labute approximate surface area is 127 Å². The summed E-state index contributed by atoms with van der Waals surface area (Å²) in [5.74, 6) is -0.665. The second-order valence-corrected chi connectivity index (χ2v) is 4.98. The quantitative estimate of drug-likeness (QED) is 0.839. The molecule has 0 unspecified atom stereocenters. The number of carbonyl (C=O) groups excluding carboxylic acids is 1. The molecule has 1 aromatic rings. The van der Waals surface area contributed by atoms with Crippen LogP contribution in [0.1, 0.15) is 12.8 Å². The van der Waals surface area contributed by atoms with Gasteiger partial charge in [-0.05, 0) is 18.2 Å². The molecule has 0 bridgehead atoms. The average molecular weight is 320 g/mol. The summed E-state index contributed by atoms with van der Waals surface area (Å²) >= 11 is 11.7. The molecular formula is C13H15Cl2NO4. The first-order chi connectivity index (χ1) is 9.40. The molecule has 5 nitrogen and oxygen atoms in total. The molecule has 1 amide bonds. The summed E-state index contributed by atoms with van der Waals surface area (Å²) in [5.41, 5.74) is 0. The van der Waals surface area contributed by atoms with Crippen LogP contribution in [0.4, 0.5) is 0 Å². The predicted molar refractivity (Wildman–Crippen MR) is 76.5 cm³/mol. The van der Waals surface area contributed by atoms with E-state index in [2.05, 4.69) is 0 Å². The molecular weight excluding hydrogens is 305 g/mol. The van der Waals surface area contributed by atoms with Crippen molar-refractivity contribution < 1.29 is 19.4 Å². The molecule has 0 radical (unpaired) electrons. The van der Waals surface area contributed by atoms with Crippen molar-refractivity contribution in [2.24, 2.45) is 0 Å². The van der Waals surface area contributed by atoms with Gasteiger partial charge in [-0.15, -0.1) is 0 Å². The van der Waals surface area contributed by atoms with Crippen molar-refractivity contribution in [2.45, 2.75) is 12.8 Å². The Bertz CT molecular complexity index is 493. The summed E-state index contributed by atoms with van der Waals surface area (Å²) in [6.07, 6.45) is 0.0706. The molecule has 7 heteroatoms. The normalized spacial score (nSPS) is 10.2. The van der Waals surface area contributed by atoms with Crippen LogP contribution in [0.25, 0.3) is 0 Å². The van der Waals surface area contributed by atoms with Crippen LogP contribution >= 0.6 is 23.2 Å². The van der Waals surface area contributed by atoms with E-state index < -0.39 is 5.97 Å². The van der Waals surface area contributed by atoms with E-state index in [4.69, 9.17) is 33.0 Å². The van der Waals surface area contributed by atoms with E-state index in [0.717, 1.165) is 0 Å². The second kappa shape index (κ2) is 7.97. The molecule has 0 aliphatic carbocycles. The average Bonchev–Trinajstić information content (AvgIpc) is 2.38. The van der Waals surface area contributed by atoms with Gasteiger partial charge >= 0.3 is 5.97 Å². The summed E-state index contributed by atoms with van der Waals surface area (Å²) in [5, 5.41) is 9.42. The van der Waals surface area contributed by atoms with Crippen LogP contribution in [0.5, 0.6) is 5.75 Å². The van der Waals surface area contributed by atoms with Crippen molar-refractivity contribution in [3.05, 3.63) is 28.2 Å². The zero-order valence-electron chi connectivity index (χ0n) is 10.9. The molecule has 0 aliphatic rings. The molecule has 0 aromatic heterocycles. The number of amides is 1. The first-order valence-corrected chi connectivity index (χ1v) is 6.69. The Morgan fingerprint density at radius 3 is 2.60 bits per heavy atom. The molecule has 0 spiro atoms. The highest BCUT2D eigenvalue weighted by Crippen LogP contribution is 2.27. The van der Waals surface area contributed by atoms with Crippen LogP contribution < -0.4 is 4.74 Å². The van der Waals surface area contributed by atoms with Crippen molar-refractivity contribution in [3.8, 4) is 5.75 Å². The summed E-state index contributed by atoms with van der Waals surface area (Å²) in [6, 6.07) is 4.83. The van der Waals surface area contributed by atoms with E-state index in [1.807, 2.05) is 0 Å². The first kappa shape index (κ1) is 16.6. The van der Waals surface area contributed by atoms with Gasteiger partial charge in [-0.3, -0.25) is 9.59 Å². The van der Waals surface area contributed by atoms with Gasteiger partial charge in [0.1, 0.15) is 5.75 Å². The van der Waals surface area contributed by atoms with E-state index in [1.54, 1.807) is 25.2 Å². The lowest BCUT2D eigenvalue weighted by Gasteiger charge is -2.16. The molecule has 1 N–H and O–H groups in total. The number of carbonyl (C=O) groups is 2. The number of hydrogen-bond acceptors (Lipinski definition) is 3. The van der Waals surface area contributed by atoms with Crippen LogP contribution in [-0.2, 0) is 9.59 Å². The van der Waals surface area contributed by atoms with E-state index in [0.29, 0.717) is 15.8 Å². The van der Waals surface area contributed by atoms with E-state index in [1.165, 1.54) is 4.90 Å². The molecule has 1 aromatic carbocycles. The van der Waals surface area contributed by atoms with Crippen LogP contribution in [0.2, 0.25) is 10.0 Å². The van der Waals surface area contributed by atoms with Gasteiger partial charge in [0, 0.05) is 18.6 Å². The van der Waals surface area contributed by atoms with E-state index >= 15 is 0 Å². The minimum absolute atomic E-state index is 0.0773. The zero-order valence-corrected chi connectivity index (χ0v) is 12.4. The van der Waals surface area contributed by atoms with Gasteiger partial charge < -0.3 is 14.7 Å². The number of ether oxygens (including phenoxy) is 1. The lowest BCUT2D eigenvalue weighted by Crippen LogP contribution is -2.30. The molecule has 0 saturated carbocycles. The number of hydrogen-bond donors (Lipinski definition) is 1. The topological polar surface area (TPSA) is 66.8 Å². The molecule has 0 atom stereocenters. The second-order valence-electron chi connectivity index (χ2n) is 4.13. The lowest BCUT2D eigenvalue weighted by molar-refractivity contribution is -0.138. The summed E-state index contributed by atoms with van der Waals surface area (Å²) in [4.78, 5) is 23.4. The predicted octanol–water partition coefficient (Wildman–Crippen LogP) is 2.70. The van der Waals surface area contributed by atoms with Crippen molar-refractivity contribution in [1.29, 1.82) is 0 Å². The fourth-order valence-electron chi connectivity index (χ4n) is 1.42. The highest BCUT2D eigenvalue weighted by atomic mass is 35.5. The number of nitrogens with zero attached hydrogens (tertiary/aromatic N) is 1. The SMILES string of the molecule is CN(CCC(=O)O)C(=O)CCOc1ccc(Cl)cc1Cl. The smallest absolute Gasteiger partial charge is 0.305 e. The van der Waals surface area contributed by atoms with E-state index in [-0.39, 0.29) is 31.9 Å². The third-order valence-electron chi connectivity index (χ3n) is 2.55. The largest absolute Gasteiger partial charge is 0.491 e. The maximum atomic E-state index is 11.7. The highest BCUT2D eigenvalue weighted by Gasteiger charge is 2.11. The van der Waals surface area contributed by atoms with E-state index in [9.17, 15) is 9.59 Å². The molecule has 110 valence electrons. The van der Waals surface area contributed by atoms with Gasteiger partial charge in [-0.2, -0.15) is 0 Å². The van der Waals surface area contributed by atoms with Crippen molar-refractivity contribution in [1.82, 2.24) is 4.90 Å². The Kier molecular flexibility index (Phi) is 6.61. The molecule has 0 saturated heterocycles. The summed E-state index contributed by atoms with van der Waals surface area (Å²) in [7, 11) is 1.56. The first-order valence-electron chi connectivity index (χ1n) is 5.93. The van der Waals surface area contributed by atoms with Crippen molar-refractivity contribution in [2.75, 3.05) is 20.2 Å². The number of carboxylic acid groups (broad SMARTS) is 1. The zero-order chi connectivity index (χ0) is 15.1. The number of halogens is 2. The van der Waals surface area contributed by atoms with Crippen LogP contribution in [0, 0.1) is 0 Å². The van der Waals surface area contributed by atoms with Gasteiger partial charge in [0.15, 0.2) is 0 Å². The Morgan fingerprint density at radius 2 is 2.00 bits per heavy atom. The van der Waals surface area contributed by atoms with Crippen molar-refractivity contribution in [3.63, 3.8) is 0 Å². The lowest BCUT2D eigenvalue weighted by atomic mass is 10.3. The molecule has 0 fully saturated rings. The van der Waals surface area contributed by atoms with Gasteiger partial charge in [-0.25, -0.2) is 0 Å². The maximum Gasteiger partial charge on any atom is 0.305 e. The Balaban J connectivity index is 2.36. The standard InChI is InChI=1S/C13H15Cl2NO4/c1-16(6-4-13(18)19)12(17)5-7-20-11-3-2-9(14)8-10(11)15/h2-3,8H,4-7H2,1H3,(H,18,19). The highest BCUT2D eigenvalue weighted by molar-refractivity contribution is 6.35. The fraction of sp³-hybridized carbons (Fsp3) is 0.385. The van der Waals surface area contributed by atoms with Gasteiger partial charge in [0.05, 0.1) is 24.5 Å². The van der Waals surface area contributed by atoms with Gasteiger partial charge in [-0.1, -0.05) is 23.2 Å². The van der Waals surface area contributed by atoms with Gasteiger partial charge in [0.2, 0.25) is 5.91 Å². The minimum atomic E-state index is -0.936. The summed E-state index contributed by atoms with van der Waals surface area (Å²) in [6.45, 7) is 0.341. The molecule has 1 rings (SSSR count). The number of aliphatic carboxylic acids is 1. The third-order valence-corrected chi connectivity index (χ3v) is 3.08. The third kappa shape index (κ3) is 5.67. The van der Waals surface area contributed by atoms with Crippen LogP contribution in [-0.4, -0.2) is 42.1 Å². The summed E-state index contributed by atoms with van der Waals surface area (Å²) < 4.78 is 5.38. The van der Waals surface area contributed by atoms with Crippen molar-refractivity contribution >= 4 is 35.1 Å². The number of benzene rings is 1. The number of carboxylic acids is 1. The molecule has 20 heavy (non-hydrogen) atoms. The van der Waals surface area contributed by atoms with Crippen LogP contribution in [0.3, 0.4) is 0 Å². The Morgan fingerprint density at radius 1 is 1.30 bits per heavy atom. The maximum absolute atomic E-state index is 11.7. The van der Waals surface area contributed by atoms with Gasteiger partial charge in [0.25, 0.3) is 0 Å². The monoisotopic (exact) mass is 319 g/mol. The van der Waals surface area contributed by atoms with Crippen LogP contribution in [0.15, 0.2) is 18.2 Å². The number of rotatable bonds is 7. The Hall–Kier alpha value is -1.46. The molecule has 0 aliphatic heterocycles.